The zero-order valence-corrected chi connectivity index (χ0v) is 15.1. The fraction of sp³-hybridized carbons (Fsp3) is 0.263. The molecule has 0 aliphatic carbocycles. The lowest BCUT2D eigenvalue weighted by Crippen LogP contribution is -2.46. The van der Waals surface area contributed by atoms with Crippen LogP contribution < -0.4 is 5.43 Å². The lowest BCUT2D eigenvalue weighted by molar-refractivity contribution is -0.135. The average Bonchev–Trinajstić information content (AvgIpc) is 3.35. The Morgan fingerprint density at radius 2 is 2.11 bits per heavy atom. The zero-order chi connectivity index (χ0) is 18.4. The molecule has 3 atom stereocenters. The Morgan fingerprint density at radius 3 is 2.96 bits per heavy atom. The minimum Gasteiger partial charge on any atom is -0.348 e. The van der Waals surface area contributed by atoms with Gasteiger partial charge >= 0.3 is 0 Å². The normalized spacial score (nSPS) is 24.0. The first-order chi connectivity index (χ1) is 13.2. The van der Waals surface area contributed by atoms with Crippen LogP contribution >= 0.6 is 11.6 Å². The van der Waals surface area contributed by atoms with Gasteiger partial charge in [0, 0.05) is 30.3 Å². The van der Waals surface area contributed by atoms with Gasteiger partial charge in [0.15, 0.2) is 0 Å². The van der Waals surface area contributed by atoms with Gasteiger partial charge in [0.1, 0.15) is 17.5 Å². The van der Waals surface area contributed by atoms with Crippen LogP contribution in [0.1, 0.15) is 23.1 Å². The second kappa shape index (κ2) is 6.35. The molecule has 0 fully saturated rings. The van der Waals surface area contributed by atoms with Gasteiger partial charge in [-0.1, -0.05) is 35.9 Å². The highest BCUT2D eigenvalue weighted by molar-refractivity contribution is 6.24. The number of fused-ring (bicyclic) bond motifs is 2. The first kappa shape index (κ1) is 16.3. The van der Waals surface area contributed by atoms with Gasteiger partial charge in [-0.05, 0) is 12.1 Å². The van der Waals surface area contributed by atoms with Crippen molar-refractivity contribution in [3.8, 4) is 0 Å². The van der Waals surface area contributed by atoms with Crippen LogP contribution in [0.25, 0.3) is 10.9 Å². The van der Waals surface area contributed by atoms with Crippen LogP contribution in [0.5, 0.6) is 0 Å². The van der Waals surface area contributed by atoms with Crippen molar-refractivity contribution < 1.29 is 4.79 Å². The minimum absolute atomic E-state index is 0.0719. The fourth-order valence-electron chi connectivity index (χ4n) is 3.78. The van der Waals surface area contributed by atoms with Crippen LogP contribution in [0, 0.1) is 5.92 Å². The van der Waals surface area contributed by atoms with Gasteiger partial charge < -0.3 is 9.88 Å². The van der Waals surface area contributed by atoms with E-state index in [1.165, 1.54) is 0 Å². The molecule has 2 aliphatic rings. The number of carbonyl (C=O) groups is 1. The van der Waals surface area contributed by atoms with Crippen LogP contribution in [0.2, 0.25) is 0 Å². The fourth-order valence-corrected chi connectivity index (χ4v) is 4.01. The summed E-state index contributed by atoms with van der Waals surface area (Å²) in [6.45, 7) is 0.571. The van der Waals surface area contributed by atoms with Gasteiger partial charge in [-0.2, -0.15) is 5.10 Å². The lowest BCUT2D eigenvalue weighted by Gasteiger charge is -2.36. The van der Waals surface area contributed by atoms with E-state index in [-0.39, 0.29) is 11.9 Å². The van der Waals surface area contributed by atoms with Gasteiger partial charge in [-0.15, -0.1) is 0 Å². The molecule has 4 heterocycles. The third kappa shape index (κ3) is 2.66. The summed E-state index contributed by atoms with van der Waals surface area (Å²) in [5.74, 6) is -0.576. The maximum Gasteiger partial charge on any atom is 0.235 e. The van der Waals surface area contributed by atoms with Crippen molar-refractivity contribution in [3.63, 3.8) is 0 Å². The van der Waals surface area contributed by atoms with E-state index in [1.54, 1.807) is 12.5 Å². The molecule has 2 aromatic heterocycles. The Kier molecular flexibility index (Phi) is 3.82. The molecule has 5 rings (SSSR count). The molecule has 0 saturated carbocycles. The molecule has 3 aromatic rings. The molecule has 1 amide bonds. The summed E-state index contributed by atoms with van der Waals surface area (Å²) < 4.78 is 0. The summed E-state index contributed by atoms with van der Waals surface area (Å²) in [4.78, 5) is 27.6. The Labute approximate surface area is 160 Å². The number of nitrogens with zero attached hydrogens (tertiary/aromatic N) is 4. The number of rotatable bonds is 2. The first-order valence-electron chi connectivity index (χ1n) is 8.83. The zero-order valence-electron chi connectivity index (χ0n) is 14.3. The number of imidazole rings is 1. The monoisotopic (exact) mass is 380 g/mol. The number of aromatic amines is 1. The number of carbonyl (C=O) groups excluding carboxylic acids is 1. The standard InChI is InChI=1S/C19H17ClN6O/c20-18-12(9-23-25-18)19(27)26-8-7-14-16(22-10-21-14)17(26)15-6-5-11-3-1-2-4-13(11)24-15/h1-6,9-10,12,17-18,25H,7-8H2,(H,21,22)/t12?,17-,18?/m1/s1. The van der Waals surface area contributed by atoms with E-state index >= 15 is 0 Å². The molecule has 7 nitrogen and oxygen atoms in total. The van der Waals surface area contributed by atoms with E-state index in [1.807, 2.05) is 41.3 Å². The van der Waals surface area contributed by atoms with E-state index < -0.39 is 11.4 Å². The van der Waals surface area contributed by atoms with Gasteiger partial charge in [0.2, 0.25) is 5.91 Å². The SMILES string of the molecule is O=C(C1C=NNC1Cl)N1CCc2[nH]cnc2[C@H]1c1ccc2ccccc2n1. The molecule has 2 N–H and O–H groups in total. The Morgan fingerprint density at radius 1 is 1.22 bits per heavy atom. The molecule has 2 unspecified atom stereocenters. The average molecular weight is 381 g/mol. The number of H-pyrrole nitrogens is 1. The highest BCUT2D eigenvalue weighted by atomic mass is 35.5. The maximum absolute atomic E-state index is 13.2. The summed E-state index contributed by atoms with van der Waals surface area (Å²) in [6, 6.07) is 11.6. The van der Waals surface area contributed by atoms with Crippen molar-refractivity contribution in [2.75, 3.05) is 6.54 Å². The minimum atomic E-state index is -0.539. The lowest BCUT2D eigenvalue weighted by atomic mass is 9.96. The van der Waals surface area contributed by atoms with Crippen molar-refractivity contribution in [2.45, 2.75) is 18.0 Å². The van der Waals surface area contributed by atoms with Crippen LogP contribution in [0.3, 0.4) is 0 Å². The van der Waals surface area contributed by atoms with Gasteiger partial charge in [-0.25, -0.2) is 4.98 Å². The Balaban J connectivity index is 1.60. The predicted molar refractivity (Wildman–Crippen MR) is 102 cm³/mol. The van der Waals surface area contributed by atoms with Crippen LogP contribution in [0.4, 0.5) is 0 Å². The van der Waals surface area contributed by atoms with E-state index in [2.05, 4.69) is 20.5 Å². The highest BCUT2D eigenvalue weighted by Gasteiger charge is 2.40. The van der Waals surface area contributed by atoms with Gasteiger partial charge in [0.05, 0.1) is 23.2 Å². The van der Waals surface area contributed by atoms with Gasteiger partial charge in [0.25, 0.3) is 0 Å². The predicted octanol–water partition coefficient (Wildman–Crippen LogP) is 2.20. The molecule has 0 radical (unpaired) electrons. The van der Waals surface area contributed by atoms with Crippen LogP contribution in [-0.2, 0) is 11.2 Å². The molecular formula is C19H17ClN6O. The van der Waals surface area contributed by atoms with Crippen molar-refractivity contribution in [3.05, 3.63) is 59.8 Å². The Bertz CT molecular complexity index is 1050. The molecule has 27 heavy (non-hydrogen) atoms. The smallest absolute Gasteiger partial charge is 0.235 e. The number of hydrogen-bond acceptors (Lipinski definition) is 5. The van der Waals surface area contributed by atoms with Crippen molar-refractivity contribution in [1.29, 1.82) is 0 Å². The molecule has 0 bridgehead atoms. The molecule has 2 aliphatic heterocycles. The summed E-state index contributed by atoms with van der Waals surface area (Å²) in [7, 11) is 0. The third-order valence-electron chi connectivity index (χ3n) is 5.14. The number of amides is 1. The number of hydrazone groups is 1. The van der Waals surface area contributed by atoms with E-state index in [0.29, 0.717) is 6.54 Å². The molecule has 1 aromatic carbocycles. The van der Waals surface area contributed by atoms with E-state index in [9.17, 15) is 4.79 Å². The van der Waals surface area contributed by atoms with E-state index in [0.717, 1.165) is 34.4 Å². The second-order valence-corrected chi connectivity index (χ2v) is 7.18. The summed E-state index contributed by atoms with van der Waals surface area (Å²) in [5.41, 5.74) is 5.76. The van der Waals surface area contributed by atoms with Crippen molar-refractivity contribution in [1.82, 2.24) is 25.3 Å². The Hall–Kier alpha value is -2.93. The topological polar surface area (TPSA) is 86.3 Å². The number of para-hydroxylation sites is 1. The van der Waals surface area contributed by atoms with Gasteiger partial charge in [-0.3, -0.25) is 15.2 Å². The van der Waals surface area contributed by atoms with Crippen LogP contribution in [0.15, 0.2) is 47.8 Å². The number of benzene rings is 1. The summed E-state index contributed by atoms with van der Waals surface area (Å²) >= 11 is 6.22. The molecule has 0 saturated heterocycles. The number of nitrogens with one attached hydrogen (secondary N) is 2. The summed E-state index contributed by atoms with van der Waals surface area (Å²) in [5, 5.41) is 5.00. The second-order valence-electron chi connectivity index (χ2n) is 6.71. The molecule has 136 valence electrons. The summed E-state index contributed by atoms with van der Waals surface area (Å²) in [6.07, 6.45) is 3.97. The number of alkyl halides is 1. The third-order valence-corrected chi connectivity index (χ3v) is 5.51. The largest absolute Gasteiger partial charge is 0.348 e. The maximum atomic E-state index is 13.2. The first-order valence-corrected chi connectivity index (χ1v) is 9.27. The van der Waals surface area contributed by atoms with Crippen molar-refractivity contribution in [2.24, 2.45) is 11.0 Å². The highest BCUT2D eigenvalue weighted by Crippen LogP contribution is 2.34. The van der Waals surface area contributed by atoms with Crippen molar-refractivity contribution >= 4 is 34.6 Å². The molecular weight excluding hydrogens is 364 g/mol. The number of hydrogen-bond donors (Lipinski definition) is 2. The molecule has 8 heteroatoms. The quantitative estimate of drug-likeness (QED) is 0.527. The number of halogens is 1. The number of pyridine rings is 1. The van der Waals surface area contributed by atoms with Crippen LogP contribution in [-0.4, -0.2) is 44.0 Å². The molecule has 0 spiro atoms. The number of aromatic nitrogens is 3. The van der Waals surface area contributed by atoms with E-state index in [4.69, 9.17) is 16.6 Å².